The Morgan fingerprint density at radius 2 is 1.75 bits per heavy atom. The molecule has 0 bridgehead atoms. The second-order valence-electron chi connectivity index (χ2n) is 7.54. The van der Waals surface area contributed by atoms with Crippen LogP contribution >= 0.6 is 69.0 Å². The first-order valence-electron chi connectivity index (χ1n) is 10.2. The fraction of sp³-hybridized carbons (Fsp3) is 0.0400. The summed E-state index contributed by atoms with van der Waals surface area (Å²) in [6.45, 7) is 0.249. The maximum atomic E-state index is 13.2. The van der Waals surface area contributed by atoms with E-state index in [-0.39, 0.29) is 22.9 Å². The van der Waals surface area contributed by atoms with E-state index in [4.69, 9.17) is 33.7 Å². The van der Waals surface area contributed by atoms with Crippen molar-refractivity contribution in [3.05, 3.63) is 95.1 Å². The number of carboxylic acids is 1. The topological polar surface area (TPSA) is 95.9 Å². The Hall–Kier alpha value is -2.55. The number of nitrogens with one attached hydrogen (secondary N) is 1. The zero-order chi connectivity index (χ0) is 26.0. The Morgan fingerprint density at radius 3 is 2.36 bits per heavy atom. The minimum Gasteiger partial charge on any atom is -0.487 e. The molecule has 1 heterocycles. The van der Waals surface area contributed by atoms with Gasteiger partial charge in [-0.3, -0.25) is 19.8 Å². The van der Waals surface area contributed by atoms with Crippen molar-refractivity contribution < 1.29 is 24.2 Å². The van der Waals surface area contributed by atoms with Crippen LogP contribution in [0.2, 0.25) is 5.02 Å². The average molecular weight is 745 g/mol. The highest BCUT2D eigenvalue weighted by Gasteiger charge is 2.34. The maximum absolute atomic E-state index is 13.2. The van der Waals surface area contributed by atoms with Gasteiger partial charge in [0.1, 0.15) is 17.9 Å². The summed E-state index contributed by atoms with van der Waals surface area (Å²) in [7, 11) is 0. The van der Waals surface area contributed by atoms with Crippen LogP contribution in [0.3, 0.4) is 0 Å². The molecular weight excluding hydrogens is 730 g/mol. The predicted molar refractivity (Wildman–Crippen MR) is 157 cm³/mol. The number of nitrogens with zero attached hydrogens (tertiary/aromatic N) is 1. The summed E-state index contributed by atoms with van der Waals surface area (Å²) in [5, 5.41) is 12.0. The van der Waals surface area contributed by atoms with Gasteiger partial charge in [0.15, 0.2) is 5.11 Å². The predicted octanol–water partition coefficient (Wildman–Crippen LogP) is 5.66. The van der Waals surface area contributed by atoms with Gasteiger partial charge in [-0.25, -0.2) is 4.79 Å². The van der Waals surface area contributed by atoms with Crippen LogP contribution < -0.4 is 15.0 Å². The summed E-state index contributed by atoms with van der Waals surface area (Å²) in [5.74, 6) is -1.49. The molecule has 7 nitrogen and oxygen atoms in total. The van der Waals surface area contributed by atoms with Crippen LogP contribution in [0.25, 0.3) is 6.08 Å². The van der Waals surface area contributed by atoms with Gasteiger partial charge in [-0.05, 0) is 117 Å². The van der Waals surface area contributed by atoms with Crippen molar-refractivity contribution in [2.24, 2.45) is 0 Å². The van der Waals surface area contributed by atoms with E-state index in [1.54, 1.807) is 48.5 Å². The minimum absolute atomic E-state index is 0.0197. The summed E-state index contributed by atoms with van der Waals surface area (Å²) in [4.78, 5) is 38.1. The molecule has 182 valence electrons. The Kier molecular flexibility index (Phi) is 8.27. The van der Waals surface area contributed by atoms with Crippen molar-refractivity contribution in [1.82, 2.24) is 5.32 Å². The van der Waals surface area contributed by atoms with Gasteiger partial charge in [-0.15, -0.1) is 0 Å². The molecule has 2 N–H and O–H groups in total. The number of anilines is 1. The largest absolute Gasteiger partial charge is 0.487 e. The Balaban J connectivity index is 1.57. The standard InChI is InChI=1S/C25H15ClI2N2O5S/c26-16-2-1-3-17(11-16)30-23(32)18(22(31)29-25(30)36)8-14-9-19(27)21(20(28)10-14)35-12-13-4-6-15(7-5-13)24(33)34/h1-11H,12H2,(H,33,34)(H,29,31,36)/b18-8+. The fourth-order valence-electron chi connectivity index (χ4n) is 3.37. The number of benzene rings is 3. The molecule has 0 aliphatic carbocycles. The molecule has 0 aromatic heterocycles. The van der Waals surface area contributed by atoms with Crippen LogP contribution in [0.1, 0.15) is 21.5 Å². The number of hydrogen-bond acceptors (Lipinski definition) is 5. The third-order valence-corrected chi connectivity index (χ3v) is 7.21. The number of carboxylic acid groups (broad SMARTS) is 1. The van der Waals surface area contributed by atoms with Gasteiger partial charge in [-0.1, -0.05) is 29.8 Å². The molecule has 3 aromatic carbocycles. The van der Waals surface area contributed by atoms with Crippen LogP contribution in [0, 0.1) is 7.14 Å². The van der Waals surface area contributed by atoms with Gasteiger partial charge >= 0.3 is 5.97 Å². The van der Waals surface area contributed by atoms with Gasteiger partial charge in [-0.2, -0.15) is 0 Å². The molecule has 0 saturated carbocycles. The van der Waals surface area contributed by atoms with Crippen LogP contribution in [-0.2, 0) is 16.2 Å². The SMILES string of the molecule is O=C1NC(=S)N(c2cccc(Cl)c2)C(=O)/C1=C/c1cc(I)c(OCc2ccc(C(=O)O)cc2)c(I)c1. The van der Waals surface area contributed by atoms with Gasteiger partial charge in [0.2, 0.25) is 0 Å². The number of aromatic carboxylic acids is 1. The third kappa shape index (κ3) is 5.88. The summed E-state index contributed by atoms with van der Waals surface area (Å²) in [5.41, 5.74) is 2.05. The highest BCUT2D eigenvalue weighted by atomic mass is 127. The van der Waals surface area contributed by atoms with Crippen LogP contribution in [0.15, 0.2) is 66.2 Å². The third-order valence-electron chi connectivity index (χ3n) is 5.08. The zero-order valence-electron chi connectivity index (χ0n) is 18.1. The summed E-state index contributed by atoms with van der Waals surface area (Å²) >= 11 is 15.5. The molecule has 2 amide bonds. The van der Waals surface area contributed by atoms with E-state index in [0.29, 0.717) is 22.0 Å². The molecule has 36 heavy (non-hydrogen) atoms. The molecule has 0 atom stereocenters. The first-order chi connectivity index (χ1) is 17.1. The van der Waals surface area contributed by atoms with Crippen LogP contribution in [0.4, 0.5) is 5.69 Å². The first-order valence-corrected chi connectivity index (χ1v) is 13.2. The highest BCUT2D eigenvalue weighted by molar-refractivity contribution is 14.1. The average Bonchev–Trinajstić information content (AvgIpc) is 2.81. The van der Waals surface area contributed by atoms with E-state index in [1.165, 1.54) is 23.1 Å². The van der Waals surface area contributed by atoms with E-state index in [2.05, 4.69) is 50.5 Å². The minimum atomic E-state index is -0.987. The zero-order valence-corrected chi connectivity index (χ0v) is 24.0. The van der Waals surface area contributed by atoms with Crippen molar-refractivity contribution in [1.29, 1.82) is 0 Å². The van der Waals surface area contributed by atoms with Gasteiger partial charge in [0, 0.05) is 5.02 Å². The molecule has 0 unspecified atom stereocenters. The first kappa shape index (κ1) is 26.5. The Bertz CT molecular complexity index is 1420. The molecule has 1 aliphatic rings. The number of amides is 2. The highest BCUT2D eigenvalue weighted by Crippen LogP contribution is 2.31. The van der Waals surface area contributed by atoms with Crippen molar-refractivity contribution >= 4 is 104 Å². The molecule has 3 aromatic rings. The Labute approximate surface area is 243 Å². The number of rotatable bonds is 6. The van der Waals surface area contributed by atoms with E-state index in [0.717, 1.165) is 12.7 Å². The number of hydrogen-bond donors (Lipinski definition) is 2. The van der Waals surface area contributed by atoms with E-state index in [1.807, 2.05) is 0 Å². The molecular formula is C25H15ClI2N2O5S. The second-order valence-corrected chi connectivity index (χ2v) is 10.7. The van der Waals surface area contributed by atoms with Gasteiger partial charge in [0.05, 0.1) is 18.4 Å². The van der Waals surface area contributed by atoms with E-state index >= 15 is 0 Å². The lowest BCUT2D eigenvalue weighted by Gasteiger charge is -2.29. The molecule has 0 spiro atoms. The van der Waals surface area contributed by atoms with Crippen LogP contribution in [0.5, 0.6) is 5.75 Å². The normalized spacial score (nSPS) is 14.7. The number of halogens is 3. The van der Waals surface area contributed by atoms with Crippen molar-refractivity contribution in [2.75, 3.05) is 4.90 Å². The lowest BCUT2D eigenvalue weighted by molar-refractivity contribution is -0.122. The monoisotopic (exact) mass is 744 g/mol. The molecule has 11 heteroatoms. The number of carbonyl (C=O) groups is 3. The Morgan fingerprint density at radius 1 is 1.08 bits per heavy atom. The smallest absolute Gasteiger partial charge is 0.335 e. The number of carbonyl (C=O) groups excluding carboxylic acids is 2. The second kappa shape index (κ2) is 11.2. The van der Waals surface area contributed by atoms with Gasteiger partial charge < -0.3 is 9.84 Å². The molecule has 1 aliphatic heterocycles. The molecule has 0 radical (unpaired) electrons. The molecule has 1 fully saturated rings. The summed E-state index contributed by atoms with van der Waals surface area (Å²) in [6.07, 6.45) is 1.51. The summed E-state index contributed by atoms with van der Waals surface area (Å²) < 4.78 is 7.53. The molecule has 4 rings (SSSR count). The molecule has 1 saturated heterocycles. The lowest BCUT2D eigenvalue weighted by Crippen LogP contribution is -2.54. The lowest BCUT2D eigenvalue weighted by atomic mass is 10.1. The van der Waals surface area contributed by atoms with E-state index in [9.17, 15) is 14.4 Å². The van der Waals surface area contributed by atoms with E-state index < -0.39 is 17.8 Å². The fourth-order valence-corrected chi connectivity index (χ4v) is 5.97. The number of thiocarbonyl (C=S) groups is 1. The van der Waals surface area contributed by atoms with Crippen molar-refractivity contribution in [3.63, 3.8) is 0 Å². The van der Waals surface area contributed by atoms with Crippen molar-refractivity contribution in [2.45, 2.75) is 6.61 Å². The number of ether oxygens (including phenoxy) is 1. The van der Waals surface area contributed by atoms with Crippen molar-refractivity contribution in [3.8, 4) is 5.75 Å². The van der Waals surface area contributed by atoms with Gasteiger partial charge in [0.25, 0.3) is 11.8 Å². The summed E-state index contributed by atoms with van der Waals surface area (Å²) in [6, 6.07) is 16.7. The van der Waals surface area contributed by atoms with Crippen LogP contribution in [-0.4, -0.2) is 28.0 Å². The quantitative estimate of drug-likeness (QED) is 0.147. The maximum Gasteiger partial charge on any atom is 0.335 e.